The Morgan fingerprint density at radius 3 is 3.16 bits per heavy atom. The Kier molecular flexibility index (Phi) is 2.72. The van der Waals surface area contributed by atoms with E-state index in [2.05, 4.69) is 9.97 Å². The summed E-state index contributed by atoms with van der Waals surface area (Å²) in [5, 5.41) is 10.0. The van der Waals surface area contributed by atoms with E-state index >= 15 is 0 Å². The van der Waals surface area contributed by atoms with Crippen LogP contribution in [-0.4, -0.2) is 38.1 Å². The Labute approximate surface area is 109 Å². The number of fused-ring (bicyclic) bond motifs is 1. The maximum absolute atomic E-state index is 11.1. The standard InChI is InChI=1S/C12H14N4O3/c13-10-8-2-4-16(11(8)15-7-14-10)9-1-3-12(5-17,6-18)19-9/h2,4-5,7,9,18H,1,3,6H2,(H2,13,14,15)/t9?,12-/m1/s1. The maximum atomic E-state index is 11.1. The molecular formula is C12H14N4O3. The zero-order chi connectivity index (χ0) is 13.5. The first-order chi connectivity index (χ1) is 9.19. The molecule has 0 radical (unpaired) electrons. The zero-order valence-corrected chi connectivity index (χ0v) is 10.2. The number of nitrogens with zero attached hydrogens (tertiary/aromatic N) is 3. The lowest BCUT2D eigenvalue weighted by molar-refractivity contribution is -0.140. The van der Waals surface area contributed by atoms with Gasteiger partial charge in [-0.1, -0.05) is 0 Å². The summed E-state index contributed by atoms with van der Waals surface area (Å²) in [4.78, 5) is 19.2. The molecule has 0 aromatic carbocycles. The van der Waals surface area contributed by atoms with E-state index in [0.29, 0.717) is 30.6 Å². The van der Waals surface area contributed by atoms with Crippen LogP contribution in [0.5, 0.6) is 0 Å². The van der Waals surface area contributed by atoms with Crippen molar-refractivity contribution in [3.63, 3.8) is 0 Å². The van der Waals surface area contributed by atoms with Gasteiger partial charge < -0.3 is 24.9 Å². The topological polar surface area (TPSA) is 103 Å². The number of carbonyl (C=O) groups is 1. The first kappa shape index (κ1) is 12.1. The Bertz CT molecular complexity index is 626. The molecule has 100 valence electrons. The average molecular weight is 262 g/mol. The number of ether oxygens (including phenoxy) is 1. The summed E-state index contributed by atoms with van der Waals surface area (Å²) in [6.45, 7) is -0.316. The van der Waals surface area contributed by atoms with E-state index in [0.717, 1.165) is 5.39 Å². The largest absolute Gasteiger partial charge is 0.393 e. The highest BCUT2D eigenvalue weighted by Gasteiger charge is 2.40. The van der Waals surface area contributed by atoms with Gasteiger partial charge in [-0.15, -0.1) is 0 Å². The van der Waals surface area contributed by atoms with Gasteiger partial charge in [0.1, 0.15) is 29.6 Å². The van der Waals surface area contributed by atoms with Crippen LogP contribution in [0.4, 0.5) is 5.82 Å². The molecule has 2 atom stereocenters. The van der Waals surface area contributed by atoms with Gasteiger partial charge in [0, 0.05) is 6.20 Å². The van der Waals surface area contributed by atoms with Gasteiger partial charge in [-0.2, -0.15) is 0 Å². The fourth-order valence-electron chi connectivity index (χ4n) is 2.42. The smallest absolute Gasteiger partial charge is 0.154 e. The van der Waals surface area contributed by atoms with E-state index in [-0.39, 0.29) is 12.8 Å². The second-order valence-electron chi connectivity index (χ2n) is 4.67. The SMILES string of the molecule is Nc1ncnc2c1ccn2C1CC[C@@](C=O)(CO)O1. The second-order valence-corrected chi connectivity index (χ2v) is 4.67. The van der Waals surface area contributed by atoms with Gasteiger partial charge in [0.25, 0.3) is 0 Å². The van der Waals surface area contributed by atoms with Crippen molar-refractivity contribution in [2.75, 3.05) is 12.3 Å². The van der Waals surface area contributed by atoms with Gasteiger partial charge >= 0.3 is 0 Å². The molecule has 0 aliphatic carbocycles. The summed E-state index contributed by atoms with van der Waals surface area (Å²) in [6.07, 6.45) is 4.65. The Morgan fingerprint density at radius 1 is 1.63 bits per heavy atom. The molecule has 3 N–H and O–H groups in total. The number of carbonyl (C=O) groups excluding carboxylic acids is 1. The monoisotopic (exact) mass is 262 g/mol. The molecule has 1 aliphatic heterocycles. The number of hydrogen-bond acceptors (Lipinski definition) is 6. The van der Waals surface area contributed by atoms with E-state index in [1.807, 2.05) is 10.6 Å². The van der Waals surface area contributed by atoms with Crippen molar-refractivity contribution in [3.05, 3.63) is 18.6 Å². The first-order valence-corrected chi connectivity index (χ1v) is 6.01. The molecule has 7 nitrogen and oxygen atoms in total. The quantitative estimate of drug-likeness (QED) is 0.769. The molecule has 0 amide bonds. The molecule has 2 aromatic heterocycles. The molecule has 1 fully saturated rings. The molecule has 0 bridgehead atoms. The van der Waals surface area contributed by atoms with Crippen molar-refractivity contribution in [2.24, 2.45) is 0 Å². The van der Waals surface area contributed by atoms with Crippen molar-refractivity contribution in [1.82, 2.24) is 14.5 Å². The van der Waals surface area contributed by atoms with Crippen LogP contribution in [0, 0.1) is 0 Å². The molecule has 1 unspecified atom stereocenters. The number of rotatable bonds is 3. The van der Waals surface area contributed by atoms with Gasteiger partial charge in [0.15, 0.2) is 6.29 Å². The molecular weight excluding hydrogens is 248 g/mol. The minimum absolute atomic E-state index is 0.316. The predicted molar refractivity (Wildman–Crippen MR) is 67.2 cm³/mol. The highest BCUT2D eigenvalue weighted by molar-refractivity contribution is 5.86. The Hall–Kier alpha value is -1.99. The summed E-state index contributed by atoms with van der Waals surface area (Å²) < 4.78 is 7.50. The zero-order valence-electron chi connectivity index (χ0n) is 10.2. The van der Waals surface area contributed by atoms with E-state index in [1.165, 1.54) is 6.33 Å². The lowest BCUT2D eigenvalue weighted by Crippen LogP contribution is -2.34. The third kappa shape index (κ3) is 1.78. The summed E-state index contributed by atoms with van der Waals surface area (Å²) >= 11 is 0. The van der Waals surface area contributed by atoms with Gasteiger partial charge in [-0.05, 0) is 18.9 Å². The van der Waals surface area contributed by atoms with E-state index < -0.39 is 5.60 Å². The number of nitrogens with two attached hydrogens (primary N) is 1. The van der Waals surface area contributed by atoms with Crippen molar-refractivity contribution in [3.8, 4) is 0 Å². The highest BCUT2D eigenvalue weighted by Crippen LogP contribution is 2.36. The fourth-order valence-corrected chi connectivity index (χ4v) is 2.42. The third-order valence-electron chi connectivity index (χ3n) is 3.52. The van der Waals surface area contributed by atoms with E-state index in [9.17, 15) is 9.90 Å². The predicted octanol–water partition coefficient (Wildman–Crippen LogP) is 0.252. The number of anilines is 1. The highest BCUT2D eigenvalue weighted by atomic mass is 16.5. The lowest BCUT2D eigenvalue weighted by atomic mass is 10.0. The molecule has 1 saturated heterocycles. The molecule has 0 spiro atoms. The van der Waals surface area contributed by atoms with Crippen LogP contribution in [-0.2, 0) is 9.53 Å². The maximum Gasteiger partial charge on any atom is 0.154 e. The minimum atomic E-state index is -1.10. The average Bonchev–Trinajstić information content (AvgIpc) is 3.03. The number of aromatic nitrogens is 3. The molecule has 7 heteroatoms. The molecule has 1 aliphatic rings. The van der Waals surface area contributed by atoms with Crippen LogP contribution in [0.25, 0.3) is 11.0 Å². The van der Waals surface area contributed by atoms with Gasteiger partial charge in [0.2, 0.25) is 0 Å². The van der Waals surface area contributed by atoms with Crippen LogP contribution in [0.15, 0.2) is 18.6 Å². The second kappa shape index (κ2) is 4.29. The molecule has 3 heterocycles. The van der Waals surface area contributed by atoms with Crippen LogP contribution in [0.3, 0.4) is 0 Å². The van der Waals surface area contributed by atoms with Crippen molar-refractivity contribution >= 4 is 23.1 Å². The summed E-state index contributed by atoms with van der Waals surface area (Å²) in [5.74, 6) is 0.408. The molecule has 0 saturated carbocycles. The lowest BCUT2D eigenvalue weighted by Gasteiger charge is -2.21. The number of aliphatic hydroxyl groups is 1. The molecule has 2 aromatic rings. The normalized spacial score (nSPS) is 26.9. The van der Waals surface area contributed by atoms with Crippen LogP contribution in [0.2, 0.25) is 0 Å². The Morgan fingerprint density at radius 2 is 2.47 bits per heavy atom. The summed E-state index contributed by atoms with van der Waals surface area (Å²) in [6, 6.07) is 1.81. The summed E-state index contributed by atoms with van der Waals surface area (Å²) in [7, 11) is 0. The molecule has 19 heavy (non-hydrogen) atoms. The fraction of sp³-hybridized carbons (Fsp3) is 0.417. The Balaban J connectivity index is 1.98. The van der Waals surface area contributed by atoms with E-state index in [1.54, 1.807) is 6.20 Å². The number of aliphatic hydroxyl groups excluding tert-OH is 1. The van der Waals surface area contributed by atoms with Gasteiger partial charge in [-0.3, -0.25) is 0 Å². The summed E-state index contributed by atoms with van der Waals surface area (Å²) in [5.41, 5.74) is 5.34. The van der Waals surface area contributed by atoms with Crippen molar-refractivity contribution < 1.29 is 14.6 Å². The van der Waals surface area contributed by atoms with E-state index in [4.69, 9.17) is 10.5 Å². The third-order valence-corrected chi connectivity index (χ3v) is 3.52. The molecule has 3 rings (SSSR count). The van der Waals surface area contributed by atoms with Crippen LogP contribution >= 0.6 is 0 Å². The van der Waals surface area contributed by atoms with Crippen molar-refractivity contribution in [1.29, 1.82) is 0 Å². The first-order valence-electron chi connectivity index (χ1n) is 6.01. The van der Waals surface area contributed by atoms with Gasteiger partial charge in [-0.25, -0.2) is 9.97 Å². The number of hydrogen-bond donors (Lipinski definition) is 2. The number of nitrogen functional groups attached to an aromatic ring is 1. The number of aldehydes is 1. The van der Waals surface area contributed by atoms with Crippen molar-refractivity contribution in [2.45, 2.75) is 24.7 Å². The minimum Gasteiger partial charge on any atom is -0.393 e. The van der Waals surface area contributed by atoms with Crippen LogP contribution in [0.1, 0.15) is 19.1 Å². The van der Waals surface area contributed by atoms with Gasteiger partial charge in [0.05, 0.1) is 12.0 Å². The van der Waals surface area contributed by atoms with Crippen LogP contribution < -0.4 is 5.73 Å².